The topological polar surface area (TPSA) is 24.9 Å². The quantitative estimate of drug-likeness (QED) is 0.764. The van der Waals surface area contributed by atoms with Crippen LogP contribution in [0.5, 0.6) is 0 Å². The van der Waals surface area contributed by atoms with Crippen LogP contribution in [0.2, 0.25) is 0 Å². The van der Waals surface area contributed by atoms with Gasteiger partial charge >= 0.3 is 0 Å². The smallest absolute Gasteiger partial charge is 0.0346 e. The lowest BCUT2D eigenvalue weighted by molar-refractivity contribution is 0.574. The fourth-order valence-electron chi connectivity index (χ4n) is 2.57. The van der Waals surface area contributed by atoms with Crippen LogP contribution < -0.4 is 5.32 Å². The van der Waals surface area contributed by atoms with E-state index in [9.17, 15) is 0 Å². The number of pyridine rings is 1. The van der Waals surface area contributed by atoms with Crippen molar-refractivity contribution in [2.24, 2.45) is 0 Å². The third kappa shape index (κ3) is 3.29. The molecule has 106 valence electrons. The van der Waals surface area contributed by atoms with Crippen molar-refractivity contribution in [3.8, 4) is 0 Å². The Labute approximate surface area is 125 Å². The molecule has 21 heavy (non-hydrogen) atoms. The first-order chi connectivity index (χ1) is 10.2. The molecule has 0 radical (unpaired) electrons. The summed E-state index contributed by atoms with van der Waals surface area (Å²) in [6.45, 7) is 5.21. The Bertz CT molecular complexity index is 749. The zero-order valence-electron chi connectivity index (χ0n) is 12.5. The van der Waals surface area contributed by atoms with Crippen molar-refractivity contribution in [1.82, 2.24) is 10.3 Å². The van der Waals surface area contributed by atoms with Crippen LogP contribution in [-0.2, 0) is 6.54 Å². The van der Waals surface area contributed by atoms with Crippen LogP contribution in [0.1, 0.15) is 29.7 Å². The summed E-state index contributed by atoms with van der Waals surface area (Å²) in [7, 11) is 0. The average Bonchev–Trinajstić information content (AvgIpc) is 2.52. The normalized spacial score (nSPS) is 12.5. The number of benzene rings is 2. The minimum Gasteiger partial charge on any atom is -0.306 e. The molecule has 1 aromatic heterocycles. The predicted molar refractivity (Wildman–Crippen MR) is 88.2 cm³/mol. The van der Waals surface area contributed by atoms with Crippen molar-refractivity contribution >= 4 is 10.8 Å². The maximum Gasteiger partial charge on any atom is 0.0346 e. The van der Waals surface area contributed by atoms with E-state index in [2.05, 4.69) is 72.7 Å². The highest BCUT2D eigenvalue weighted by Crippen LogP contribution is 2.17. The fraction of sp³-hybridized carbons (Fsp3) is 0.211. The molecule has 1 atom stereocenters. The molecule has 0 fully saturated rings. The van der Waals surface area contributed by atoms with Crippen LogP contribution in [-0.4, -0.2) is 4.98 Å². The van der Waals surface area contributed by atoms with Crippen LogP contribution in [0.3, 0.4) is 0 Å². The molecule has 3 rings (SSSR count). The van der Waals surface area contributed by atoms with Gasteiger partial charge in [-0.3, -0.25) is 4.98 Å². The average molecular weight is 276 g/mol. The van der Waals surface area contributed by atoms with Gasteiger partial charge in [0, 0.05) is 30.4 Å². The van der Waals surface area contributed by atoms with E-state index in [1.54, 1.807) is 0 Å². The number of aromatic nitrogens is 1. The number of nitrogens with zero attached hydrogens (tertiary/aromatic N) is 1. The van der Waals surface area contributed by atoms with Gasteiger partial charge < -0.3 is 5.32 Å². The second kappa shape index (κ2) is 6.06. The molecule has 1 N–H and O–H groups in total. The molecule has 0 bridgehead atoms. The standard InChI is InChI=1S/C19H20N2/c1-14-4-3-5-17(10-14)15(2)21-12-16-6-7-19-13-20-9-8-18(19)11-16/h3-11,13,15,21H,12H2,1-2H3/t15-/m0/s1. The van der Waals surface area contributed by atoms with Crippen LogP contribution in [0.4, 0.5) is 0 Å². The number of hydrogen-bond acceptors (Lipinski definition) is 2. The Morgan fingerprint density at radius 2 is 1.95 bits per heavy atom. The largest absolute Gasteiger partial charge is 0.306 e. The van der Waals surface area contributed by atoms with Crippen LogP contribution in [0.25, 0.3) is 10.8 Å². The third-order valence-corrected chi connectivity index (χ3v) is 3.86. The van der Waals surface area contributed by atoms with Gasteiger partial charge in [-0.15, -0.1) is 0 Å². The molecule has 0 spiro atoms. The number of hydrogen-bond donors (Lipinski definition) is 1. The first kappa shape index (κ1) is 13.8. The van der Waals surface area contributed by atoms with E-state index in [4.69, 9.17) is 0 Å². The summed E-state index contributed by atoms with van der Waals surface area (Å²) in [5, 5.41) is 6.02. The Morgan fingerprint density at radius 3 is 2.81 bits per heavy atom. The van der Waals surface area contributed by atoms with Crippen LogP contribution in [0.15, 0.2) is 60.9 Å². The number of nitrogens with one attached hydrogen (secondary N) is 1. The summed E-state index contributed by atoms with van der Waals surface area (Å²) in [6.07, 6.45) is 3.75. The molecule has 1 heterocycles. The van der Waals surface area contributed by atoms with E-state index in [-0.39, 0.29) is 0 Å². The number of rotatable bonds is 4. The van der Waals surface area contributed by atoms with Crippen molar-refractivity contribution in [2.45, 2.75) is 26.4 Å². The van der Waals surface area contributed by atoms with Gasteiger partial charge in [0.2, 0.25) is 0 Å². The van der Waals surface area contributed by atoms with E-state index in [1.807, 2.05) is 12.4 Å². The molecule has 2 nitrogen and oxygen atoms in total. The summed E-state index contributed by atoms with van der Waals surface area (Å²) in [5.41, 5.74) is 3.94. The van der Waals surface area contributed by atoms with Gasteiger partial charge in [0.1, 0.15) is 0 Å². The summed E-state index contributed by atoms with van der Waals surface area (Å²) in [4.78, 5) is 4.15. The molecule has 2 heteroatoms. The van der Waals surface area contributed by atoms with Gasteiger partial charge in [-0.2, -0.15) is 0 Å². The van der Waals surface area contributed by atoms with Gasteiger partial charge in [0.05, 0.1) is 0 Å². The lowest BCUT2D eigenvalue weighted by Gasteiger charge is -2.15. The molecular weight excluding hydrogens is 256 g/mol. The van der Waals surface area contributed by atoms with E-state index >= 15 is 0 Å². The van der Waals surface area contributed by atoms with E-state index in [1.165, 1.54) is 27.5 Å². The molecule has 0 saturated heterocycles. The number of aryl methyl sites for hydroxylation is 1. The van der Waals surface area contributed by atoms with E-state index in [0.29, 0.717) is 6.04 Å². The molecule has 0 saturated carbocycles. The predicted octanol–water partition coefficient (Wildman–Crippen LogP) is 4.39. The molecule has 3 aromatic rings. The number of fused-ring (bicyclic) bond motifs is 1. The molecular formula is C19H20N2. The second-order valence-electron chi connectivity index (χ2n) is 5.57. The lowest BCUT2D eigenvalue weighted by Crippen LogP contribution is -2.18. The highest BCUT2D eigenvalue weighted by atomic mass is 14.9. The molecule has 0 aliphatic carbocycles. The summed E-state index contributed by atoms with van der Waals surface area (Å²) >= 11 is 0. The Balaban J connectivity index is 1.71. The summed E-state index contributed by atoms with van der Waals surface area (Å²) < 4.78 is 0. The zero-order chi connectivity index (χ0) is 14.7. The maximum absolute atomic E-state index is 4.15. The van der Waals surface area contributed by atoms with Gasteiger partial charge in [-0.05, 0) is 42.5 Å². The molecule has 0 unspecified atom stereocenters. The minimum absolute atomic E-state index is 0.345. The van der Waals surface area contributed by atoms with Gasteiger partial charge in [-0.1, -0.05) is 42.0 Å². The Hall–Kier alpha value is -2.19. The monoisotopic (exact) mass is 276 g/mol. The zero-order valence-corrected chi connectivity index (χ0v) is 12.5. The summed E-state index contributed by atoms with van der Waals surface area (Å²) in [6, 6.07) is 17.6. The van der Waals surface area contributed by atoms with E-state index < -0.39 is 0 Å². The molecule has 2 aromatic carbocycles. The Morgan fingerprint density at radius 1 is 1.05 bits per heavy atom. The first-order valence-corrected chi connectivity index (χ1v) is 7.35. The van der Waals surface area contributed by atoms with Gasteiger partial charge in [0.25, 0.3) is 0 Å². The first-order valence-electron chi connectivity index (χ1n) is 7.35. The van der Waals surface area contributed by atoms with E-state index in [0.717, 1.165) is 6.54 Å². The van der Waals surface area contributed by atoms with Gasteiger partial charge in [0.15, 0.2) is 0 Å². The molecule has 0 aliphatic rings. The van der Waals surface area contributed by atoms with Crippen molar-refractivity contribution in [3.63, 3.8) is 0 Å². The highest BCUT2D eigenvalue weighted by Gasteiger charge is 2.05. The highest BCUT2D eigenvalue weighted by molar-refractivity contribution is 5.81. The van der Waals surface area contributed by atoms with Crippen LogP contribution >= 0.6 is 0 Å². The lowest BCUT2D eigenvalue weighted by atomic mass is 10.0. The third-order valence-electron chi connectivity index (χ3n) is 3.86. The van der Waals surface area contributed by atoms with Gasteiger partial charge in [-0.25, -0.2) is 0 Å². The molecule has 0 amide bonds. The minimum atomic E-state index is 0.345. The van der Waals surface area contributed by atoms with Crippen molar-refractivity contribution in [1.29, 1.82) is 0 Å². The Kier molecular flexibility index (Phi) is 3.98. The second-order valence-corrected chi connectivity index (χ2v) is 5.57. The van der Waals surface area contributed by atoms with Crippen molar-refractivity contribution in [2.75, 3.05) is 0 Å². The molecule has 0 aliphatic heterocycles. The fourth-order valence-corrected chi connectivity index (χ4v) is 2.57. The maximum atomic E-state index is 4.15. The van der Waals surface area contributed by atoms with Crippen molar-refractivity contribution in [3.05, 3.63) is 77.6 Å². The van der Waals surface area contributed by atoms with Crippen LogP contribution in [0, 0.1) is 6.92 Å². The SMILES string of the molecule is Cc1cccc([C@H](C)NCc2ccc3cnccc3c2)c1. The summed E-state index contributed by atoms with van der Waals surface area (Å²) in [5.74, 6) is 0. The van der Waals surface area contributed by atoms with Crippen molar-refractivity contribution < 1.29 is 0 Å².